The Morgan fingerprint density at radius 3 is 2.71 bits per heavy atom. The first-order valence-corrected chi connectivity index (χ1v) is 6.82. The Labute approximate surface area is 105 Å². The van der Waals surface area contributed by atoms with Gasteiger partial charge in [0.2, 0.25) is 0 Å². The zero-order valence-corrected chi connectivity index (χ0v) is 10.4. The molecule has 1 unspecified atom stereocenters. The van der Waals surface area contributed by atoms with Crippen molar-refractivity contribution in [2.75, 3.05) is 12.4 Å². The van der Waals surface area contributed by atoms with E-state index in [0.717, 1.165) is 23.7 Å². The lowest BCUT2D eigenvalue weighted by Gasteiger charge is -2.22. The Kier molecular flexibility index (Phi) is 4.45. The number of rotatable bonds is 4. The molecule has 0 aliphatic carbocycles. The maximum Gasteiger partial charge on any atom is 0.335 e. The molecule has 1 aliphatic heterocycles. The highest BCUT2D eigenvalue weighted by Crippen LogP contribution is 2.23. The van der Waals surface area contributed by atoms with Gasteiger partial charge in [-0.3, -0.25) is 0 Å². The van der Waals surface area contributed by atoms with Gasteiger partial charge < -0.3 is 9.84 Å². The number of aromatic carboxylic acids is 1. The van der Waals surface area contributed by atoms with Gasteiger partial charge in [-0.15, -0.1) is 11.8 Å². The van der Waals surface area contributed by atoms with E-state index >= 15 is 0 Å². The first kappa shape index (κ1) is 12.5. The molecule has 0 radical (unpaired) electrons. The maximum atomic E-state index is 10.7. The summed E-state index contributed by atoms with van der Waals surface area (Å²) in [7, 11) is 0. The van der Waals surface area contributed by atoms with Crippen molar-refractivity contribution in [1.82, 2.24) is 0 Å². The molecular weight excluding hydrogens is 236 g/mol. The van der Waals surface area contributed by atoms with E-state index in [4.69, 9.17) is 9.84 Å². The van der Waals surface area contributed by atoms with Gasteiger partial charge in [0, 0.05) is 17.3 Å². The van der Waals surface area contributed by atoms with Crippen molar-refractivity contribution in [3.63, 3.8) is 0 Å². The Morgan fingerprint density at radius 2 is 2.12 bits per heavy atom. The van der Waals surface area contributed by atoms with E-state index in [9.17, 15) is 4.79 Å². The smallest absolute Gasteiger partial charge is 0.335 e. The van der Waals surface area contributed by atoms with Crippen LogP contribution in [0.2, 0.25) is 0 Å². The topological polar surface area (TPSA) is 46.5 Å². The van der Waals surface area contributed by atoms with E-state index in [0.29, 0.717) is 11.7 Å². The Morgan fingerprint density at radius 1 is 1.35 bits per heavy atom. The fraction of sp³-hybridized carbons (Fsp3) is 0.462. The number of hydrogen-bond donors (Lipinski definition) is 1. The van der Waals surface area contributed by atoms with Gasteiger partial charge in [-0.05, 0) is 43.5 Å². The van der Waals surface area contributed by atoms with Gasteiger partial charge in [0.15, 0.2) is 0 Å². The minimum Gasteiger partial charge on any atom is -0.478 e. The molecule has 0 spiro atoms. The standard InChI is InChI=1S/C13H16O3S/c14-13(15)10-4-6-12(7-5-10)17-9-11-3-1-2-8-16-11/h4-7,11H,1-3,8-9H2,(H,14,15). The van der Waals surface area contributed by atoms with Gasteiger partial charge in [0.25, 0.3) is 0 Å². The minimum absolute atomic E-state index is 0.336. The molecule has 1 atom stereocenters. The van der Waals surface area contributed by atoms with E-state index < -0.39 is 5.97 Å². The molecule has 1 aromatic carbocycles. The quantitative estimate of drug-likeness (QED) is 0.837. The number of carboxylic acids is 1. The zero-order chi connectivity index (χ0) is 12.1. The fourth-order valence-corrected chi connectivity index (χ4v) is 2.79. The van der Waals surface area contributed by atoms with Crippen LogP contribution in [-0.4, -0.2) is 29.5 Å². The molecule has 0 bridgehead atoms. The lowest BCUT2D eigenvalue weighted by atomic mass is 10.1. The first-order chi connectivity index (χ1) is 8.25. The first-order valence-electron chi connectivity index (χ1n) is 5.83. The molecule has 4 heteroatoms. The summed E-state index contributed by atoms with van der Waals surface area (Å²) in [5.74, 6) is 0.0732. The van der Waals surface area contributed by atoms with Crippen molar-refractivity contribution in [3.05, 3.63) is 29.8 Å². The molecule has 0 saturated carbocycles. The van der Waals surface area contributed by atoms with Gasteiger partial charge in [0.1, 0.15) is 0 Å². The van der Waals surface area contributed by atoms with Crippen LogP contribution in [0.25, 0.3) is 0 Å². The second kappa shape index (κ2) is 6.07. The van der Waals surface area contributed by atoms with Crippen LogP contribution in [0.15, 0.2) is 29.2 Å². The van der Waals surface area contributed by atoms with Crippen LogP contribution < -0.4 is 0 Å². The van der Waals surface area contributed by atoms with Gasteiger partial charge >= 0.3 is 5.97 Å². The van der Waals surface area contributed by atoms with Crippen molar-refractivity contribution < 1.29 is 14.6 Å². The number of thioether (sulfide) groups is 1. The monoisotopic (exact) mass is 252 g/mol. The van der Waals surface area contributed by atoms with Crippen LogP contribution in [0.3, 0.4) is 0 Å². The Balaban J connectivity index is 1.84. The summed E-state index contributed by atoms with van der Waals surface area (Å²) in [6.45, 7) is 0.878. The van der Waals surface area contributed by atoms with Gasteiger partial charge in [-0.1, -0.05) is 0 Å². The van der Waals surface area contributed by atoms with Crippen LogP contribution in [0.5, 0.6) is 0 Å². The Hall–Kier alpha value is -1.00. The summed E-state index contributed by atoms with van der Waals surface area (Å²) in [6.07, 6.45) is 3.92. The predicted molar refractivity (Wildman–Crippen MR) is 67.7 cm³/mol. The summed E-state index contributed by atoms with van der Waals surface area (Å²) in [4.78, 5) is 11.8. The highest BCUT2D eigenvalue weighted by atomic mass is 32.2. The molecule has 2 rings (SSSR count). The SMILES string of the molecule is O=C(O)c1ccc(SCC2CCCCO2)cc1. The van der Waals surface area contributed by atoms with E-state index in [1.54, 1.807) is 23.9 Å². The van der Waals surface area contributed by atoms with Crippen LogP contribution in [-0.2, 0) is 4.74 Å². The van der Waals surface area contributed by atoms with Gasteiger partial charge in [-0.25, -0.2) is 4.79 Å². The van der Waals surface area contributed by atoms with Crippen LogP contribution >= 0.6 is 11.8 Å². The summed E-state index contributed by atoms with van der Waals surface area (Å²) >= 11 is 1.73. The third-order valence-electron chi connectivity index (χ3n) is 2.81. The molecule has 3 nitrogen and oxygen atoms in total. The molecule has 1 N–H and O–H groups in total. The fourth-order valence-electron chi connectivity index (χ4n) is 1.82. The highest BCUT2D eigenvalue weighted by Gasteiger charge is 2.13. The molecule has 0 amide bonds. The van der Waals surface area contributed by atoms with E-state index in [1.165, 1.54) is 12.8 Å². The van der Waals surface area contributed by atoms with Crippen molar-refractivity contribution in [3.8, 4) is 0 Å². The van der Waals surface area contributed by atoms with Gasteiger partial charge in [0.05, 0.1) is 11.7 Å². The normalized spacial score (nSPS) is 20.1. The number of carboxylic acid groups (broad SMARTS) is 1. The number of hydrogen-bond acceptors (Lipinski definition) is 3. The lowest BCUT2D eigenvalue weighted by Crippen LogP contribution is -2.21. The largest absolute Gasteiger partial charge is 0.478 e. The zero-order valence-electron chi connectivity index (χ0n) is 9.59. The molecule has 1 aromatic rings. The van der Waals surface area contributed by atoms with E-state index in [-0.39, 0.29) is 0 Å². The molecule has 0 aromatic heterocycles. The van der Waals surface area contributed by atoms with Crippen molar-refractivity contribution >= 4 is 17.7 Å². The van der Waals surface area contributed by atoms with Crippen molar-refractivity contribution in [2.24, 2.45) is 0 Å². The number of carbonyl (C=O) groups is 1. The molecule has 1 aliphatic rings. The predicted octanol–water partition coefficient (Wildman–Crippen LogP) is 3.05. The summed E-state index contributed by atoms with van der Waals surface area (Å²) in [6, 6.07) is 7.01. The molecule has 1 fully saturated rings. The summed E-state index contributed by atoms with van der Waals surface area (Å²) < 4.78 is 5.65. The Bertz CT molecular complexity index is 369. The average Bonchev–Trinajstić information content (AvgIpc) is 2.38. The van der Waals surface area contributed by atoms with Gasteiger partial charge in [-0.2, -0.15) is 0 Å². The second-order valence-corrected chi connectivity index (χ2v) is 5.22. The van der Waals surface area contributed by atoms with Crippen LogP contribution in [0.1, 0.15) is 29.6 Å². The van der Waals surface area contributed by atoms with Crippen molar-refractivity contribution in [2.45, 2.75) is 30.3 Å². The van der Waals surface area contributed by atoms with E-state index in [2.05, 4.69) is 0 Å². The van der Waals surface area contributed by atoms with Crippen LogP contribution in [0, 0.1) is 0 Å². The molecule has 1 heterocycles. The molecule has 1 saturated heterocycles. The summed E-state index contributed by atoms with van der Waals surface area (Å²) in [5, 5.41) is 8.78. The molecule has 17 heavy (non-hydrogen) atoms. The molecular formula is C13H16O3S. The average molecular weight is 252 g/mol. The molecule has 92 valence electrons. The number of ether oxygens (including phenoxy) is 1. The van der Waals surface area contributed by atoms with E-state index in [1.807, 2.05) is 12.1 Å². The highest BCUT2D eigenvalue weighted by molar-refractivity contribution is 7.99. The van der Waals surface area contributed by atoms with Crippen molar-refractivity contribution in [1.29, 1.82) is 0 Å². The number of benzene rings is 1. The third kappa shape index (κ3) is 3.75. The third-order valence-corrected chi connectivity index (χ3v) is 3.96. The van der Waals surface area contributed by atoms with Crippen LogP contribution in [0.4, 0.5) is 0 Å². The second-order valence-electron chi connectivity index (χ2n) is 4.13. The summed E-state index contributed by atoms with van der Waals surface area (Å²) in [5.41, 5.74) is 0.336. The maximum absolute atomic E-state index is 10.7. The lowest BCUT2D eigenvalue weighted by molar-refractivity contribution is 0.0315. The minimum atomic E-state index is -0.878.